The van der Waals surface area contributed by atoms with Gasteiger partial charge in [-0.15, -0.1) is 0 Å². The van der Waals surface area contributed by atoms with E-state index in [0.717, 1.165) is 24.9 Å². The molecule has 0 aliphatic carbocycles. The minimum absolute atomic E-state index is 0.0103. The van der Waals surface area contributed by atoms with Crippen LogP contribution >= 0.6 is 15.9 Å². The molecule has 1 aliphatic heterocycles. The van der Waals surface area contributed by atoms with Crippen LogP contribution in [-0.4, -0.2) is 18.4 Å². The van der Waals surface area contributed by atoms with Gasteiger partial charge in [0, 0.05) is 6.42 Å². The second-order valence-electron chi connectivity index (χ2n) is 4.04. The molecule has 1 unspecified atom stereocenters. The molecule has 2 rings (SSSR count). The van der Waals surface area contributed by atoms with Crippen molar-refractivity contribution in [3.63, 3.8) is 0 Å². The van der Waals surface area contributed by atoms with E-state index < -0.39 is 0 Å². The fraction of sp³-hybridized carbons (Fsp3) is 0.417. The first-order chi connectivity index (χ1) is 7.66. The molecule has 1 aliphatic rings. The quantitative estimate of drug-likeness (QED) is 0.924. The van der Waals surface area contributed by atoms with E-state index in [-0.39, 0.29) is 17.6 Å². The molecule has 1 saturated heterocycles. The number of carbonyl (C=O) groups is 1. The summed E-state index contributed by atoms with van der Waals surface area (Å²) in [5.41, 5.74) is 0.854. The maximum absolute atomic E-state index is 13.0. The Morgan fingerprint density at radius 3 is 3.00 bits per heavy atom. The van der Waals surface area contributed by atoms with Crippen LogP contribution in [0.25, 0.3) is 0 Å². The fourth-order valence-electron chi connectivity index (χ4n) is 1.93. The van der Waals surface area contributed by atoms with Crippen LogP contribution in [0.1, 0.15) is 18.4 Å². The van der Waals surface area contributed by atoms with E-state index in [4.69, 9.17) is 0 Å². The van der Waals surface area contributed by atoms with Gasteiger partial charge in [-0.25, -0.2) is 4.39 Å². The van der Waals surface area contributed by atoms with Crippen molar-refractivity contribution in [3.05, 3.63) is 34.1 Å². The van der Waals surface area contributed by atoms with Crippen molar-refractivity contribution in [1.82, 2.24) is 5.32 Å². The summed E-state index contributed by atoms with van der Waals surface area (Å²) in [7, 11) is 0. The van der Waals surface area contributed by atoms with E-state index in [1.54, 1.807) is 12.1 Å². The zero-order valence-corrected chi connectivity index (χ0v) is 10.4. The predicted octanol–water partition coefficient (Wildman–Crippen LogP) is 2.45. The van der Waals surface area contributed by atoms with Gasteiger partial charge in [-0.1, -0.05) is 6.07 Å². The van der Waals surface area contributed by atoms with E-state index in [9.17, 15) is 9.18 Å². The Labute approximate surface area is 102 Å². The molecule has 1 aromatic rings. The lowest BCUT2D eigenvalue weighted by atomic mass is 10.0. The maximum atomic E-state index is 13.0. The number of carbonyl (C=O) groups excluding carboxylic acids is 1. The molecule has 1 N–H and O–H groups in total. The molecule has 0 amide bonds. The third-order valence-electron chi connectivity index (χ3n) is 2.81. The monoisotopic (exact) mass is 285 g/mol. The smallest absolute Gasteiger partial charge is 0.154 e. The molecule has 0 saturated carbocycles. The van der Waals surface area contributed by atoms with Gasteiger partial charge in [0.15, 0.2) is 5.78 Å². The van der Waals surface area contributed by atoms with Gasteiger partial charge in [0.25, 0.3) is 0 Å². The molecule has 1 aromatic carbocycles. The van der Waals surface area contributed by atoms with Gasteiger partial charge in [0.1, 0.15) is 5.82 Å². The minimum Gasteiger partial charge on any atom is -0.307 e. The van der Waals surface area contributed by atoms with E-state index in [1.807, 2.05) is 0 Å². The van der Waals surface area contributed by atoms with Gasteiger partial charge in [0.05, 0.1) is 10.5 Å². The number of benzene rings is 1. The van der Waals surface area contributed by atoms with Gasteiger partial charge < -0.3 is 5.32 Å². The number of halogens is 2. The molecule has 2 nitrogen and oxygen atoms in total. The van der Waals surface area contributed by atoms with E-state index >= 15 is 0 Å². The number of rotatable bonds is 3. The summed E-state index contributed by atoms with van der Waals surface area (Å²) in [5, 5.41) is 3.17. The van der Waals surface area contributed by atoms with Crippen molar-refractivity contribution in [2.75, 3.05) is 6.54 Å². The summed E-state index contributed by atoms with van der Waals surface area (Å²) >= 11 is 3.12. The number of nitrogens with one attached hydrogen (secondary N) is 1. The van der Waals surface area contributed by atoms with Gasteiger partial charge in [-0.05, 0) is 53.0 Å². The molecule has 0 bridgehead atoms. The average Bonchev–Trinajstić information content (AvgIpc) is 2.77. The molecule has 0 radical (unpaired) electrons. The fourth-order valence-corrected chi connectivity index (χ4v) is 2.36. The highest BCUT2D eigenvalue weighted by molar-refractivity contribution is 9.10. The summed E-state index contributed by atoms with van der Waals surface area (Å²) in [6, 6.07) is 4.70. The lowest BCUT2D eigenvalue weighted by Crippen LogP contribution is -2.31. The summed E-state index contributed by atoms with van der Waals surface area (Å²) in [6.45, 7) is 0.920. The summed E-state index contributed by atoms with van der Waals surface area (Å²) in [5.74, 6) is -0.105. The van der Waals surface area contributed by atoms with Crippen molar-refractivity contribution in [2.24, 2.45) is 0 Å². The van der Waals surface area contributed by atoms with Gasteiger partial charge >= 0.3 is 0 Å². The summed E-state index contributed by atoms with van der Waals surface area (Å²) in [4.78, 5) is 11.8. The molecule has 4 heteroatoms. The Kier molecular flexibility index (Phi) is 3.71. The van der Waals surface area contributed by atoms with E-state index in [0.29, 0.717) is 10.9 Å². The number of Topliss-reactive ketones (excluding diaryl/α,β-unsaturated/α-hetero) is 1. The molecule has 16 heavy (non-hydrogen) atoms. The maximum Gasteiger partial charge on any atom is 0.154 e. The summed E-state index contributed by atoms with van der Waals surface area (Å²) in [6.07, 6.45) is 2.35. The van der Waals surface area contributed by atoms with Crippen molar-refractivity contribution >= 4 is 21.7 Å². The van der Waals surface area contributed by atoms with Gasteiger partial charge in [-0.3, -0.25) is 4.79 Å². The Bertz CT molecular complexity index is 402. The van der Waals surface area contributed by atoms with Crippen molar-refractivity contribution < 1.29 is 9.18 Å². The second kappa shape index (κ2) is 5.06. The van der Waals surface area contributed by atoms with Crippen LogP contribution in [0.2, 0.25) is 0 Å². The first-order valence-corrected chi connectivity index (χ1v) is 6.16. The lowest BCUT2D eigenvalue weighted by Gasteiger charge is -2.09. The first kappa shape index (κ1) is 11.7. The third kappa shape index (κ3) is 2.68. The highest BCUT2D eigenvalue weighted by Gasteiger charge is 2.21. The zero-order valence-electron chi connectivity index (χ0n) is 8.80. The van der Waals surface area contributed by atoms with Crippen molar-refractivity contribution in [3.8, 4) is 0 Å². The topological polar surface area (TPSA) is 29.1 Å². The lowest BCUT2D eigenvalue weighted by molar-refractivity contribution is -0.120. The van der Waals surface area contributed by atoms with Crippen LogP contribution < -0.4 is 5.32 Å². The highest BCUT2D eigenvalue weighted by Crippen LogP contribution is 2.18. The normalized spacial score (nSPS) is 20.0. The van der Waals surface area contributed by atoms with Gasteiger partial charge in [-0.2, -0.15) is 0 Å². The molecule has 1 atom stereocenters. The van der Waals surface area contributed by atoms with Crippen LogP contribution in [0.3, 0.4) is 0 Å². The van der Waals surface area contributed by atoms with Crippen molar-refractivity contribution in [2.45, 2.75) is 25.3 Å². The Morgan fingerprint density at radius 2 is 2.38 bits per heavy atom. The molecular weight excluding hydrogens is 273 g/mol. The molecular formula is C12H13BrFNO. The second-order valence-corrected chi connectivity index (χ2v) is 4.89. The standard InChI is InChI=1S/C12H13BrFNO/c13-9-6-8(3-4-10(9)14)7-12(16)11-2-1-5-15-11/h3-4,6,11,15H,1-2,5,7H2. The van der Waals surface area contributed by atoms with Gasteiger partial charge in [0.2, 0.25) is 0 Å². The minimum atomic E-state index is -0.296. The number of ketones is 1. The average molecular weight is 286 g/mol. The molecule has 1 heterocycles. The van der Waals surface area contributed by atoms with Crippen molar-refractivity contribution in [1.29, 1.82) is 0 Å². The molecule has 0 spiro atoms. The SMILES string of the molecule is O=C(Cc1ccc(F)c(Br)c1)C1CCCN1. The summed E-state index contributed by atoms with van der Waals surface area (Å²) < 4.78 is 13.4. The molecule has 86 valence electrons. The van der Waals surface area contributed by atoms with Crippen LogP contribution in [0.15, 0.2) is 22.7 Å². The Balaban J connectivity index is 2.02. The molecule has 1 fully saturated rings. The predicted molar refractivity (Wildman–Crippen MR) is 63.8 cm³/mol. The Morgan fingerprint density at radius 1 is 1.56 bits per heavy atom. The van der Waals surface area contributed by atoms with Crippen LogP contribution in [-0.2, 0) is 11.2 Å². The highest BCUT2D eigenvalue weighted by atomic mass is 79.9. The number of hydrogen-bond acceptors (Lipinski definition) is 2. The van der Waals surface area contributed by atoms with Crippen LogP contribution in [0.5, 0.6) is 0 Å². The third-order valence-corrected chi connectivity index (χ3v) is 3.42. The Hall–Kier alpha value is -0.740. The first-order valence-electron chi connectivity index (χ1n) is 5.37. The van der Waals surface area contributed by atoms with E-state index in [2.05, 4.69) is 21.2 Å². The number of hydrogen-bond donors (Lipinski definition) is 1. The zero-order chi connectivity index (χ0) is 11.5. The molecule has 0 aromatic heterocycles. The van der Waals surface area contributed by atoms with Crippen LogP contribution in [0.4, 0.5) is 4.39 Å². The van der Waals surface area contributed by atoms with E-state index in [1.165, 1.54) is 6.07 Å². The van der Waals surface area contributed by atoms with Crippen LogP contribution in [0, 0.1) is 5.82 Å². The largest absolute Gasteiger partial charge is 0.307 e.